The molecule has 2 aromatic carbocycles. The normalized spacial score (nSPS) is 11.3. The summed E-state index contributed by atoms with van der Waals surface area (Å²) in [6.07, 6.45) is 0. The number of nitrogens with one attached hydrogen (secondary N) is 1. The van der Waals surface area contributed by atoms with Crippen LogP contribution in [-0.2, 0) is 26.2 Å². The molecule has 0 saturated carbocycles. The van der Waals surface area contributed by atoms with Crippen molar-refractivity contribution in [2.75, 3.05) is 6.54 Å². The van der Waals surface area contributed by atoms with E-state index in [0.29, 0.717) is 5.56 Å². The van der Waals surface area contributed by atoms with E-state index in [1.54, 1.807) is 18.2 Å². The summed E-state index contributed by atoms with van der Waals surface area (Å²) in [5.74, 6) is -0.968. The lowest BCUT2D eigenvalue weighted by Gasteiger charge is -2.06. The SMILES string of the molecule is O=C(CNS(=O)(=O)c1ccccc1)OCc1nc(-c2ccc(F)cc2)no1. The van der Waals surface area contributed by atoms with Gasteiger partial charge in [-0.15, -0.1) is 0 Å². The van der Waals surface area contributed by atoms with Gasteiger partial charge < -0.3 is 9.26 Å². The zero-order valence-corrected chi connectivity index (χ0v) is 14.6. The van der Waals surface area contributed by atoms with Crippen molar-refractivity contribution in [3.63, 3.8) is 0 Å². The van der Waals surface area contributed by atoms with Gasteiger partial charge in [0.1, 0.15) is 12.4 Å². The Labute approximate surface area is 154 Å². The number of hydrogen-bond acceptors (Lipinski definition) is 7. The van der Waals surface area contributed by atoms with Gasteiger partial charge in [0.15, 0.2) is 6.61 Å². The summed E-state index contributed by atoms with van der Waals surface area (Å²) < 4.78 is 48.9. The zero-order chi connectivity index (χ0) is 19.3. The summed E-state index contributed by atoms with van der Waals surface area (Å²) in [6.45, 7) is -0.865. The molecule has 0 unspecified atom stereocenters. The van der Waals surface area contributed by atoms with Gasteiger partial charge in [0.05, 0.1) is 4.90 Å². The summed E-state index contributed by atoms with van der Waals surface area (Å²) in [7, 11) is -3.81. The van der Waals surface area contributed by atoms with Gasteiger partial charge in [0.2, 0.25) is 15.8 Å². The molecule has 1 N–H and O–H groups in total. The van der Waals surface area contributed by atoms with Gasteiger partial charge in [0.25, 0.3) is 5.89 Å². The third-order valence-electron chi connectivity index (χ3n) is 3.39. The van der Waals surface area contributed by atoms with Crippen LogP contribution >= 0.6 is 0 Å². The third-order valence-corrected chi connectivity index (χ3v) is 4.80. The largest absolute Gasteiger partial charge is 0.455 e. The average molecular weight is 391 g/mol. The van der Waals surface area contributed by atoms with E-state index >= 15 is 0 Å². The van der Waals surface area contributed by atoms with Crippen molar-refractivity contribution in [3.05, 3.63) is 66.3 Å². The van der Waals surface area contributed by atoms with E-state index in [-0.39, 0.29) is 23.2 Å². The Bertz CT molecular complexity index is 1020. The predicted molar refractivity (Wildman–Crippen MR) is 91.1 cm³/mol. The second-order valence-electron chi connectivity index (χ2n) is 5.32. The van der Waals surface area contributed by atoms with Gasteiger partial charge in [-0.3, -0.25) is 4.79 Å². The zero-order valence-electron chi connectivity index (χ0n) is 13.8. The number of halogens is 1. The highest BCUT2D eigenvalue weighted by Crippen LogP contribution is 2.16. The predicted octanol–water partition coefficient (Wildman–Crippen LogP) is 1.90. The number of hydrogen-bond donors (Lipinski definition) is 1. The molecule has 3 rings (SSSR count). The summed E-state index contributed by atoms with van der Waals surface area (Å²) in [5.41, 5.74) is 0.536. The number of rotatable bonds is 7. The Kier molecular flexibility index (Phi) is 5.57. The van der Waals surface area contributed by atoms with Gasteiger partial charge >= 0.3 is 5.97 Å². The third kappa shape index (κ3) is 4.96. The molecule has 10 heteroatoms. The lowest BCUT2D eigenvalue weighted by atomic mass is 10.2. The molecular weight excluding hydrogens is 377 g/mol. The van der Waals surface area contributed by atoms with E-state index in [4.69, 9.17) is 9.26 Å². The van der Waals surface area contributed by atoms with Crippen LogP contribution in [0.4, 0.5) is 4.39 Å². The molecule has 0 saturated heterocycles. The molecule has 0 spiro atoms. The number of esters is 1. The van der Waals surface area contributed by atoms with E-state index < -0.39 is 28.4 Å². The van der Waals surface area contributed by atoms with Crippen molar-refractivity contribution >= 4 is 16.0 Å². The molecule has 3 aromatic rings. The number of benzene rings is 2. The molecule has 1 aromatic heterocycles. The molecule has 0 aliphatic rings. The second-order valence-corrected chi connectivity index (χ2v) is 7.08. The monoisotopic (exact) mass is 391 g/mol. The molecule has 0 aliphatic carbocycles. The second kappa shape index (κ2) is 8.06. The van der Waals surface area contributed by atoms with Gasteiger partial charge in [-0.25, -0.2) is 12.8 Å². The molecule has 140 valence electrons. The van der Waals surface area contributed by atoms with E-state index in [0.717, 1.165) is 0 Å². The highest BCUT2D eigenvalue weighted by molar-refractivity contribution is 7.89. The summed E-state index contributed by atoms with van der Waals surface area (Å²) >= 11 is 0. The molecule has 0 bridgehead atoms. The highest BCUT2D eigenvalue weighted by atomic mass is 32.2. The van der Waals surface area contributed by atoms with Crippen molar-refractivity contribution in [1.29, 1.82) is 0 Å². The Morgan fingerprint density at radius 3 is 2.52 bits per heavy atom. The summed E-state index contributed by atoms with van der Waals surface area (Å²) in [4.78, 5) is 15.8. The fraction of sp³-hybridized carbons (Fsp3) is 0.118. The first kappa shape index (κ1) is 18.7. The minimum Gasteiger partial charge on any atom is -0.455 e. The van der Waals surface area contributed by atoms with Crippen LogP contribution in [0.1, 0.15) is 5.89 Å². The molecule has 0 atom stereocenters. The molecule has 8 nitrogen and oxygen atoms in total. The van der Waals surface area contributed by atoms with Gasteiger partial charge in [-0.1, -0.05) is 23.4 Å². The molecule has 27 heavy (non-hydrogen) atoms. The maximum Gasteiger partial charge on any atom is 0.321 e. The smallest absolute Gasteiger partial charge is 0.321 e. The van der Waals surface area contributed by atoms with Crippen LogP contribution in [0.2, 0.25) is 0 Å². The number of carbonyl (C=O) groups is 1. The minimum absolute atomic E-state index is 0.0218. The van der Waals surface area contributed by atoms with Gasteiger partial charge in [0, 0.05) is 5.56 Å². The highest BCUT2D eigenvalue weighted by Gasteiger charge is 2.16. The van der Waals surface area contributed by atoms with Crippen LogP contribution in [0, 0.1) is 5.82 Å². The molecule has 0 aliphatic heterocycles. The standard InChI is InChI=1S/C17H14FN3O5S/c18-13-8-6-12(7-9-13)17-20-15(26-21-17)11-25-16(22)10-19-27(23,24)14-4-2-1-3-5-14/h1-9,19H,10-11H2. The maximum atomic E-state index is 12.9. The summed E-state index contributed by atoms with van der Waals surface area (Å²) in [6, 6.07) is 13.1. The molecular formula is C17H14FN3O5S. The van der Waals surface area contributed by atoms with Gasteiger partial charge in [-0.2, -0.15) is 9.71 Å². The minimum atomic E-state index is -3.81. The maximum absolute atomic E-state index is 12.9. The molecule has 0 amide bonds. The lowest BCUT2D eigenvalue weighted by molar-refractivity contribution is -0.144. The van der Waals surface area contributed by atoms with Crippen LogP contribution in [0.25, 0.3) is 11.4 Å². The molecule has 1 heterocycles. The first-order valence-electron chi connectivity index (χ1n) is 7.73. The van der Waals surface area contributed by atoms with Crippen molar-refractivity contribution in [2.45, 2.75) is 11.5 Å². The van der Waals surface area contributed by atoms with Crippen molar-refractivity contribution < 1.29 is 26.9 Å². The molecule has 0 fully saturated rings. The van der Waals surface area contributed by atoms with E-state index in [1.165, 1.54) is 36.4 Å². The first-order chi connectivity index (χ1) is 12.9. The Morgan fingerprint density at radius 1 is 1.11 bits per heavy atom. The van der Waals surface area contributed by atoms with Crippen LogP contribution in [0.3, 0.4) is 0 Å². The van der Waals surface area contributed by atoms with Crippen molar-refractivity contribution in [3.8, 4) is 11.4 Å². The van der Waals surface area contributed by atoms with Crippen LogP contribution in [0.5, 0.6) is 0 Å². The van der Waals surface area contributed by atoms with Gasteiger partial charge in [-0.05, 0) is 36.4 Å². The number of nitrogens with zero attached hydrogens (tertiary/aromatic N) is 2. The summed E-state index contributed by atoms with van der Waals surface area (Å²) in [5, 5.41) is 3.71. The first-order valence-corrected chi connectivity index (χ1v) is 9.21. The number of aromatic nitrogens is 2. The van der Waals surface area contributed by atoms with Crippen molar-refractivity contribution in [1.82, 2.24) is 14.9 Å². The van der Waals surface area contributed by atoms with E-state index in [9.17, 15) is 17.6 Å². The fourth-order valence-corrected chi connectivity index (χ4v) is 3.05. The molecule has 0 radical (unpaired) electrons. The van der Waals surface area contributed by atoms with Crippen molar-refractivity contribution in [2.24, 2.45) is 0 Å². The van der Waals surface area contributed by atoms with Crippen LogP contribution in [-0.4, -0.2) is 31.1 Å². The Morgan fingerprint density at radius 2 is 1.81 bits per heavy atom. The van der Waals surface area contributed by atoms with Crippen LogP contribution < -0.4 is 4.72 Å². The number of carbonyl (C=O) groups excluding carboxylic acids is 1. The Balaban J connectivity index is 1.52. The van der Waals surface area contributed by atoms with Crippen LogP contribution in [0.15, 0.2) is 64.0 Å². The fourth-order valence-electron chi connectivity index (χ4n) is 2.06. The Hall–Kier alpha value is -3.11. The quantitative estimate of drug-likeness (QED) is 0.612. The van der Waals surface area contributed by atoms with E-state index in [2.05, 4.69) is 14.9 Å². The lowest BCUT2D eigenvalue weighted by Crippen LogP contribution is -2.30. The topological polar surface area (TPSA) is 111 Å². The number of sulfonamides is 1. The number of ether oxygens (including phenoxy) is 1. The van der Waals surface area contributed by atoms with E-state index in [1.807, 2.05) is 0 Å². The average Bonchev–Trinajstić information content (AvgIpc) is 3.15.